The molecule has 0 radical (unpaired) electrons. The first kappa shape index (κ1) is 14.0. The van der Waals surface area contributed by atoms with E-state index in [1.165, 1.54) is 0 Å². The van der Waals surface area contributed by atoms with Crippen molar-refractivity contribution in [2.75, 3.05) is 0 Å². The molecular formula is C6H10F3K. The maximum atomic E-state index is 11.8. The Balaban J connectivity index is 0. The van der Waals surface area contributed by atoms with Crippen LogP contribution in [-0.2, 0) is 0 Å². The molecule has 0 saturated carbocycles. The second-order valence-electron chi connectivity index (χ2n) is 2.63. The zero-order valence-electron chi connectivity index (χ0n) is 6.55. The van der Waals surface area contributed by atoms with E-state index in [4.69, 9.17) is 0 Å². The summed E-state index contributed by atoms with van der Waals surface area (Å²) < 4.78 is 35.4. The Kier molecular flexibility index (Phi) is 6.22. The van der Waals surface area contributed by atoms with Crippen LogP contribution in [0.5, 0.6) is 0 Å². The van der Waals surface area contributed by atoms with Gasteiger partial charge in [0.1, 0.15) is 0 Å². The zero-order chi connectivity index (χ0) is 7.71. The molecule has 4 heteroatoms. The van der Waals surface area contributed by atoms with Gasteiger partial charge in [0, 0.05) is 5.41 Å². The van der Waals surface area contributed by atoms with E-state index in [1.807, 2.05) is 0 Å². The molecule has 0 aromatic heterocycles. The molecule has 0 aliphatic heterocycles. The second-order valence-corrected chi connectivity index (χ2v) is 2.63. The molecule has 0 saturated heterocycles. The van der Waals surface area contributed by atoms with E-state index < -0.39 is 11.6 Å². The Morgan fingerprint density at radius 1 is 1.20 bits per heavy atom. The van der Waals surface area contributed by atoms with Crippen LogP contribution in [0, 0.1) is 12.3 Å². The summed E-state index contributed by atoms with van der Waals surface area (Å²) in [6.45, 7) is 5.48. The molecule has 0 bridgehead atoms. The Morgan fingerprint density at radius 3 is 1.50 bits per heavy atom. The second kappa shape index (κ2) is 4.45. The first-order valence-electron chi connectivity index (χ1n) is 2.67. The van der Waals surface area contributed by atoms with Crippen molar-refractivity contribution >= 4 is 0 Å². The number of halogens is 3. The fraction of sp³-hybridized carbons (Fsp3) is 0.833. The van der Waals surface area contributed by atoms with Gasteiger partial charge in [0.25, 0.3) is 0 Å². The average Bonchev–Trinajstić information content (AvgIpc) is 1.64. The van der Waals surface area contributed by atoms with Crippen molar-refractivity contribution in [3.63, 3.8) is 0 Å². The molecule has 0 amide bonds. The summed E-state index contributed by atoms with van der Waals surface area (Å²) in [6.07, 6.45) is -4.23. The molecular weight excluding hydrogens is 168 g/mol. The third-order valence-electron chi connectivity index (χ3n) is 1.39. The fourth-order valence-corrected chi connectivity index (χ4v) is 0.142. The maximum absolute atomic E-state index is 11.8. The topological polar surface area (TPSA) is 0 Å². The van der Waals surface area contributed by atoms with Crippen LogP contribution in [0.1, 0.15) is 20.3 Å². The van der Waals surface area contributed by atoms with Crippen molar-refractivity contribution in [1.29, 1.82) is 0 Å². The van der Waals surface area contributed by atoms with Crippen LogP contribution in [0.2, 0.25) is 0 Å². The Hall–Kier alpha value is 1.43. The van der Waals surface area contributed by atoms with E-state index in [1.54, 1.807) is 0 Å². The van der Waals surface area contributed by atoms with Gasteiger partial charge < -0.3 is 6.92 Å². The van der Waals surface area contributed by atoms with Gasteiger partial charge in [-0.3, -0.25) is 0 Å². The predicted octanol–water partition coefficient (Wildman–Crippen LogP) is -0.197. The summed E-state index contributed by atoms with van der Waals surface area (Å²) in [5.74, 6) is 0. The van der Waals surface area contributed by atoms with E-state index in [9.17, 15) is 13.2 Å². The largest absolute Gasteiger partial charge is 1.00 e. The Morgan fingerprint density at radius 2 is 1.50 bits per heavy atom. The van der Waals surface area contributed by atoms with Gasteiger partial charge in [0.05, 0.1) is 0 Å². The molecule has 0 heterocycles. The molecule has 0 nitrogen and oxygen atoms in total. The van der Waals surface area contributed by atoms with E-state index in [-0.39, 0.29) is 57.8 Å². The number of hydrogen-bond acceptors (Lipinski definition) is 0. The van der Waals surface area contributed by atoms with Gasteiger partial charge >= 0.3 is 57.6 Å². The minimum Gasteiger partial charge on any atom is -0.342 e. The first-order chi connectivity index (χ1) is 3.81. The van der Waals surface area contributed by atoms with Crippen LogP contribution < -0.4 is 51.4 Å². The predicted molar refractivity (Wildman–Crippen MR) is 29.8 cm³/mol. The standard InChI is InChI=1S/C6H10F3.K/c1-4-5(2,3)6(7,8)9;/h1,4H2,2-3H3;/q-1;+1. The normalized spacial score (nSPS) is 12.6. The molecule has 56 valence electrons. The van der Waals surface area contributed by atoms with Gasteiger partial charge in [0.2, 0.25) is 0 Å². The van der Waals surface area contributed by atoms with Gasteiger partial charge in [-0.1, -0.05) is 13.8 Å². The number of rotatable bonds is 1. The summed E-state index contributed by atoms with van der Waals surface area (Å²) in [4.78, 5) is 0. The molecule has 0 fully saturated rings. The van der Waals surface area contributed by atoms with Crippen LogP contribution in [0.15, 0.2) is 0 Å². The quantitative estimate of drug-likeness (QED) is 0.385. The zero-order valence-corrected chi connectivity index (χ0v) is 9.67. The van der Waals surface area contributed by atoms with Crippen molar-refractivity contribution < 1.29 is 64.6 Å². The van der Waals surface area contributed by atoms with Crippen LogP contribution in [0.25, 0.3) is 0 Å². The monoisotopic (exact) mass is 178 g/mol. The van der Waals surface area contributed by atoms with Gasteiger partial charge in [0.15, 0.2) is 0 Å². The van der Waals surface area contributed by atoms with Gasteiger partial charge in [-0.25, -0.2) is 0 Å². The molecule has 0 spiro atoms. The summed E-state index contributed by atoms with van der Waals surface area (Å²) in [6, 6.07) is 0. The molecule has 0 aromatic rings. The molecule has 0 aliphatic carbocycles. The van der Waals surface area contributed by atoms with Gasteiger partial charge in [-0.05, 0) is 0 Å². The molecule has 0 unspecified atom stereocenters. The van der Waals surface area contributed by atoms with Crippen molar-refractivity contribution in [2.45, 2.75) is 26.4 Å². The van der Waals surface area contributed by atoms with Crippen LogP contribution in [0.4, 0.5) is 13.2 Å². The van der Waals surface area contributed by atoms with Crippen molar-refractivity contribution in [1.82, 2.24) is 0 Å². The summed E-state index contributed by atoms with van der Waals surface area (Å²) in [5.41, 5.74) is -1.63. The summed E-state index contributed by atoms with van der Waals surface area (Å²) in [7, 11) is 0. The van der Waals surface area contributed by atoms with Gasteiger partial charge in [-0.15, -0.1) is 0 Å². The van der Waals surface area contributed by atoms with Crippen LogP contribution >= 0.6 is 0 Å². The first-order valence-corrected chi connectivity index (χ1v) is 2.67. The minimum absolute atomic E-state index is 0. The van der Waals surface area contributed by atoms with E-state index in [2.05, 4.69) is 6.92 Å². The van der Waals surface area contributed by atoms with E-state index in [0.29, 0.717) is 0 Å². The minimum atomic E-state index is -4.12. The molecule has 0 N–H and O–H groups in total. The van der Waals surface area contributed by atoms with E-state index in [0.717, 1.165) is 13.8 Å². The maximum Gasteiger partial charge on any atom is 1.00 e. The SMILES string of the molecule is [CH2-]CC(C)(C)C(F)(F)F.[K+]. The van der Waals surface area contributed by atoms with Crippen LogP contribution in [-0.4, -0.2) is 6.18 Å². The fourth-order valence-electron chi connectivity index (χ4n) is 0.142. The third kappa shape index (κ3) is 3.71. The van der Waals surface area contributed by atoms with Crippen molar-refractivity contribution in [3.05, 3.63) is 6.92 Å². The Labute approximate surface area is 102 Å². The van der Waals surface area contributed by atoms with E-state index >= 15 is 0 Å². The number of hydrogen-bond donors (Lipinski definition) is 0. The summed E-state index contributed by atoms with van der Waals surface area (Å²) in [5, 5.41) is 0. The van der Waals surface area contributed by atoms with Crippen molar-refractivity contribution in [2.24, 2.45) is 5.41 Å². The van der Waals surface area contributed by atoms with Gasteiger partial charge in [-0.2, -0.15) is 19.6 Å². The average molecular weight is 178 g/mol. The molecule has 0 aliphatic rings. The third-order valence-corrected chi connectivity index (χ3v) is 1.39. The summed E-state index contributed by atoms with van der Waals surface area (Å²) >= 11 is 0. The van der Waals surface area contributed by atoms with Crippen LogP contribution in [0.3, 0.4) is 0 Å². The molecule has 0 rings (SSSR count). The number of alkyl halides is 3. The molecule has 0 atom stereocenters. The Bertz CT molecular complexity index is 95.7. The molecule has 10 heavy (non-hydrogen) atoms. The smallest absolute Gasteiger partial charge is 0.342 e. The van der Waals surface area contributed by atoms with Crippen molar-refractivity contribution in [3.8, 4) is 0 Å². The molecule has 0 aromatic carbocycles.